The molecule has 7 nitrogen and oxygen atoms in total. The van der Waals surface area contributed by atoms with E-state index in [1.807, 2.05) is 30.3 Å². The van der Waals surface area contributed by atoms with Crippen molar-refractivity contribution in [1.82, 2.24) is 9.80 Å². The molecular formula is C19H16N2O5. The van der Waals surface area contributed by atoms with Crippen LogP contribution >= 0.6 is 0 Å². The van der Waals surface area contributed by atoms with E-state index in [-0.39, 0.29) is 13.2 Å². The zero-order chi connectivity index (χ0) is 18.3. The Morgan fingerprint density at radius 2 is 1.69 bits per heavy atom. The van der Waals surface area contributed by atoms with Gasteiger partial charge in [-0.2, -0.15) is 0 Å². The van der Waals surface area contributed by atoms with E-state index in [1.54, 1.807) is 24.3 Å². The second kappa shape index (κ2) is 6.18. The molecule has 2 aliphatic rings. The second-order valence-corrected chi connectivity index (χ2v) is 6.23. The first-order valence-electron chi connectivity index (χ1n) is 8.20. The smallest absolute Gasteiger partial charge is 0.418 e. The first kappa shape index (κ1) is 16.1. The Morgan fingerprint density at radius 1 is 1.04 bits per heavy atom. The van der Waals surface area contributed by atoms with Crippen molar-refractivity contribution < 1.29 is 24.2 Å². The van der Waals surface area contributed by atoms with Crippen molar-refractivity contribution in [2.24, 2.45) is 0 Å². The predicted octanol–water partition coefficient (Wildman–Crippen LogP) is 2.94. The molecule has 1 N–H and O–H groups in total. The molecule has 2 atom stereocenters. The maximum absolute atomic E-state index is 12.7. The number of aliphatic carboxylic acids is 1. The van der Waals surface area contributed by atoms with Crippen LogP contribution in [0.4, 0.5) is 9.59 Å². The van der Waals surface area contributed by atoms with Crippen LogP contribution in [0.2, 0.25) is 0 Å². The number of urea groups is 1. The number of hydrogen-bond acceptors (Lipinski definition) is 4. The van der Waals surface area contributed by atoms with Gasteiger partial charge in [0.15, 0.2) is 6.04 Å². The van der Waals surface area contributed by atoms with E-state index in [0.717, 1.165) is 10.5 Å². The van der Waals surface area contributed by atoms with Crippen LogP contribution in [0.5, 0.6) is 0 Å². The predicted molar refractivity (Wildman–Crippen MR) is 90.1 cm³/mol. The van der Waals surface area contributed by atoms with E-state index >= 15 is 0 Å². The van der Waals surface area contributed by atoms with Gasteiger partial charge in [-0.25, -0.2) is 19.3 Å². The lowest BCUT2D eigenvalue weighted by Gasteiger charge is -2.30. The van der Waals surface area contributed by atoms with Crippen molar-refractivity contribution in [1.29, 1.82) is 0 Å². The SMILES string of the molecule is O=C(O)C1c2ccccc2C2CN1C(=O)N2C(=O)OCc1ccccc1. The van der Waals surface area contributed by atoms with Gasteiger partial charge in [0, 0.05) is 6.54 Å². The Labute approximate surface area is 149 Å². The number of rotatable bonds is 3. The summed E-state index contributed by atoms with van der Waals surface area (Å²) in [5.74, 6) is -1.12. The Balaban J connectivity index is 1.62. The molecule has 0 spiro atoms. The molecule has 3 amide bonds. The molecule has 0 aromatic heterocycles. The molecule has 0 radical (unpaired) electrons. The number of fused-ring (bicyclic) bond motifs is 4. The molecule has 2 unspecified atom stereocenters. The van der Waals surface area contributed by atoms with Gasteiger partial charge < -0.3 is 14.7 Å². The molecule has 26 heavy (non-hydrogen) atoms. The van der Waals surface area contributed by atoms with Gasteiger partial charge in [0.25, 0.3) is 0 Å². The van der Waals surface area contributed by atoms with Crippen LogP contribution in [0.15, 0.2) is 54.6 Å². The number of carboxylic acid groups (broad SMARTS) is 1. The van der Waals surface area contributed by atoms with Gasteiger partial charge in [-0.05, 0) is 16.7 Å². The van der Waals surface area contributed by atoms with Crippen LogP contribution < -0.4 is 0 Å². The fourth-order valence-corrected chi connectivity index (χ4v) is 3.56. The summed E-state index contributed by atoms with van der Waals surface area (Å²) in [6, 6.07) is 13.8. The summed E-state index contributed by atoms with van der Waals surface area (Å²) in [4.78, 5) is 39.2. The quantitative estimate of drug-likeness (QED) is 0.918. The topological polar surface area (TPSA) is 87.2 Å². The maximum atomic E-state index is 12.7. The van der Waals surface area contributed by atoms with Crippen LogP contribution in [0, 0.1) is 0 Å². The van der Waals surface area contributed by atoms with Crippen LogP contribution in [-0.4, -0.2) is 39.5 Å². The minimum Gasteiger partial charge on any atom is -0.479 e. The fraction of sp³-hybridized carbons (Fsp3) is 0.211. The van der Waals surface area contributed by atoms with E-state index in [1.165, 1.54) is 4.90 Å². The van der Waals surface area contributed by atoms with Crippen LogP contribution in [0.3, 0.4) is 0 Å². The lowest BCUT2D eigenvalue weighted by Crippen LogP contribution is -2.39. The molecule has 1 fully saturated rings. The van der Waals surface area contributed by atoms with Gasteiger partial charge in [0.1, 0.15) is 6.61 Å². The van der Waals surface area contributed by atoms with Crippen LogP contribution in [-0.2, 0) is 16.1 Å². The van der Waals surface area contributed by atoms with Crippen molar-refractivity contribution in [3.05, 3.63) is 71.3 Å². The second-order valence-electron chi connectivity index (χ2n) is 6.23. The normalized spacial score (nSPS) is 20.7. The van der Waals surface area contributed by atoms with Gasteiger partial charge >= 0.3 is 18.1 Å². The highest BCUT2D eigenvalue weighted by Crippen LogP contribution is 2.43. The fourth-order valence-electron chi connectivity index (χ4n) is 3.56. The zero-order valence-corrected chi connectivity index (χ0v) is 13.7. The summed E-state index contributed by atoms with van der Waals surface area (Å²) in [6.45, 7) is 0.188. The summed E-state index contributed by atoms with van der Waals surface area (Å²) >= 11 is 0. The van der Waals surface area contributed by atoms with E-state index in [2.05, 4.69) is 0 Å². The molecule has 1 saturated heterocycles. The van der Waals surface area contributed by atoms with Crippen molar-refractivity contribution in [2.75, 3.05) is 6.54 Å². The first-order chi connectivity index (χ1) is 12.6. The number of ether oxygens (including phenoxy) is 1. The van der Waals surface area contributed by atoms with Gasteiger partial charge in [0.05, 0.1) is 6.04 Å². The Kier molecular flexibility index (Phi) is 3.84. The van der Waals surface area contributed by atoms with Crippen molar-refractivity contribution >= 4 is 18.1 Å². The number of hydrogen-bond donors (Lipinski definition) is 1. The molecule has 2 aromatic rings. The Bertz CT molecular complexity index is 883. The third-order valence-corrected chi connectivity index (χ3v) is 4.73. The van der Waals surface area contributed by atoms with Gasteiger partial charge in [-0.3, -0.25) is 0 Å². The molecule has 2 heterocycles. The summed E-state index contributed by atoms with van der Waals surface area (Å²) in [7, 11) is 0. The molecule has 2 bridgehead atoms. The standard InChI is InChI=1S/C19H16N2O5/c22-17(23)16-14-9-5-4-8-13(14)15-10-20(16)18(24)21(15)19(25)26-11-12-6-2-1-3-7-12/h1-9,15-16H,10-11H2,(H,22,23). The number of imide groups is 1. The average molecular weight is 352 g/mol. The average Bonchev–Trinajstić information content (AvgIpc) is 2.94. The lowest BCUT2D eigenvalue weighted by molar-refractivity contribution is -0.142. The third kappa shape index (κ3) is 2.48. The van der Waals surface area contributed by atoms with E-state index < -0.39 is 30.2 Å². The van der Waals surface area contributed by atoms with E-state index in [9.17, 15) is 19.5 Å². The molecule has 0 saturated carbocycles. The number of carboxylic acids is 1. The Morgan fingerprint density at radius 3 is 2.38 bits per heavy atom. The molecule has 7 heteroatoms. The molecule has 132 valence electrons. The van der Waals surface area contributed by atoms with E-state index in [0.29, 0.717) is 11.1 Å². The zero-order valence-electron chi connectivity index (χ0n) is 13.7. The molecule has 2 aliphatic heterocycles. The van der Waals surface area contributed by atoms with Crippen LogP contribution in [0.25, 0.3) is 0 Å². The minimum atomic E-state index is -1.12. The van der Waals surface area contributed by atoms with Crippen molar-refractivity contribution in [3.63, 3.8) is 0 Å². The van der Waals surface area contributed by atoms with Crippen molar-refractivity contribution in [3.8, 4) is 0 Å². The summed E-state index contributed by atoms with van der Waals surface area (Å²) < 4.78 is 5.29. The Hall–Kier alpha value is -3.35. The maximum Gasteiger partial charge on any atom is 0.418 e. The molecular weight excluding hydrogens is 336 g/mol. The number of nitrogens with zero attached hydrogens (tertiary/aromatic N) is 2. The summed E-state index contributed by atoms with van der Waals surface area (Å²) in [5, 5.41) is 9.57. The number of benzene rings is 2. The number of carbonyl (C=O) groups excluding carboxylic acids is 2. The summed E-state index contributed by atoms with van der Waals surface area (Å²) in [6.07, 6.45) is -0.771. The highest BCUT2D eigenvalue weighted by Gasteiger charge is 2.52. The highest BCUT2D eigenvalue weighted by molar-refractivity contribution is 5.97. The monoisotopic (exact) mass is 352 g/mol. The lowest BCUT2D eigenvalue weighted by atomic mass is 9.91. The highest BCUT2D eigenvalue weighted by atomic mass is 16.6. The molecule has 0 aliphatic carbocycles. The van der Waals surface area contributed by atoms with Gasteiger partial charge in [0.2, 0.25) is 0 Å². The van der Waals surface area contributed by atoms with Gasteiger partial charge in [-0.15, -0.1) is 0 Å². The van der Waals surface area contributed by atoms with Crippen molar-refractivity contribution in [2.45, 2.75) is 18.7 Å². The number of carbonyl (C=O) groups is 3. The minimum absolute atomic E-state index is 0.0418. The van der Waals surface area contributed by atoms with Gasteiger partial charge in [-0.1, -0.05) is 54.6 Å². The molecule has 2 aromatic carbocycles. The van der Waals surface area contributed by atoms with E-state index in [4.69, 9.17) is 4.74 Å². The number of amides is 3. The largest absolute Gasteiger partial charge is 0.479 e. The summed E-state index contributed by atoms with van der Waals surface area (Å²) in [5.41, 5.74) is 2.00. The first-order valence-corrected chi connectivity index (χ1v) is 8.20. The third-order valence-electron chi connectivity index (χ3n) is 4.73. The van der Waals surface area contributed by atoms with Crippen LogP contribution in [0.1, 0.15) is 28.8 Å². The molecule has 4 rings (SSSR count).